The first-order valence-electron chi connectivity index (χ1n) is 7.74. The standard InChI is InChI=1S/C15H21ClN2O4S2/c16-12-9-13(23-7-6-19)11(8-14(12)24(17,21)22)15(20)18-10-4-2-1-3-5-10/h8-10,19H,1-7H2,(H,18,20)(H2,17,21,22). The normalized spacial score (nSPS) is 16.1. The van der Waals surface area contributed by atoms with Crippen LogP contribution < -0.4 is 10.5 Å². The van der Waals surface area contributed by atoms with E-state index >= 15 is 0 Å². The second-order valence-electron chi connectivity index (χ2n) is 5.70. The maximum absolute atomic E-state index is 12.6. The average Bonchev–Trinajstić information content (AvgIpc) is 2.52. The highest BCUT2D eigenvalue weighted by atomic mass is 35.5. The monoisotopic (exact) mass is 392 g/mol. The Bertz CT molecular complexity index is 704. The number of sulfonamides is 1. The molecular weight excluding hydrogens is 372 g/mol. The average molecular weight is 393 g/mol. The van der Waals surface area contributed by atoms with E-state index in [1.54, 1.807) is 0 Å². The van der Waals surface area contributed by atoms with E-state index in [9.17, 15) is 13.2 Å². The molecular formula is C15H21ClN2O4S2. The van der Waals surface area contributed by atoms with E-state index in [1.165, 1.54) is 30.3 Å². The zero-order valence-electron chi connectivity index (χ0n) is 13.1. The number of aliphatic hydroxyl groups excluding tert-OH is 1. The second kappa shape index (κ2) is 8.53. The molecule has 9 heteroatoms. The van der Waals surface area contributed by atoms with Crippen LogP contribution in [0.3, 0.4) is 0 Å². The second-order valence-corrected chi connectivity index (χ2v) is 8.78. The number of carbonyl (C=O) groups is 1. The molecule has 0 bridgehead atoms. The predicted molar refractivity (Wildman–Crippen MR) is 95.0 cm³/mol. The number of benzene rings is 1. The molecule has 0 atom stereocenters. The lowest BCUT2D eigenvalue weighted by atomic mass is 9.95. The van der Waals surface area contributed by atoms with Gasteiger partial charge in [-0.3, -0.25) is 4.79 Å². The Kier molecular flexibility index (Phi) is 6.94. The third-order valence-corrected chi connectivity index (χ3v) is 6.29. The van der Waals surface area contributed by atoms with E-state index in [4.69, 9.17) is 21.8 Å². The first-order valence-corrected chi connectivity index (χ1v) is 10.6. The van der Waals surface area contributed by atoms with Gasteiger partial charge in [0.2, 0.25) is 10.0 Å². The van der Waals surface area contributed by atoms with Crippen LogP contribution in [0.1, 0.15) is 42.5 Å². The number of halogens is 1. The molecule has 0 aliphatic heterocycles. The first kappa shape index (κ1) is 19.5. The molecule has 4 N–H and O–H groups in total. The summed E-state index contributed by atoms with van der Waals surface area (Å²) in [6.45, 7) is -0.0666. The molecule has 0 saturated heterocycles. The van der Waals surface area contributed by atoms with Gasteiger partial charge in [-0.2, -0.15) is 0 Å². The fourth-order valence-electron chi connectivity index (χ4n) is 2.72. The van der Waals surface area contributed by atoms with Crippen molar-refractivity contribution in [2.45, 2.75) is 47.9 Å². The smallest absolute Gasteiger partial charge is 0.252 e. The summed E-state index contributed by atoms with van der Waals surface area (Å²) in [6.07, 6.45) is 5.14. The summed E-state index contributed by atoms with van der Waals surface area (Å²) in [4.78, 5) is 12.9. The first-order chi connectivity index (χ1) is 11.3. The molecule has 1 aromatic carbocycles. The summed E-state index contributed by atoms with van der Waals surface area (Å²) in [5, 5.41) is 17.1. The van der Waals surface area contributed by atoms with Gasteiger partial charge in [0, 0.05) is 16.7 Å². The summed E-state index contributed by atoms with van der Waals surface area (Å²) < 4.78 is 23.3. The Morgan fingerprint density at radius 2 is 2.00 bits per heavy atom. The zero-order chi connectivity index (χ0) is 17.7. The molecule has 1 amide bonds. The minimum absolute atomic E-state index is 0.0350. The number of thioether (sulfide) groups is 1. The molecule has 1 aromatic rings. The Labute approximate surface area is 151 Å². The molecule has 0 heterocycles. The molecule has 1 aliphatic rings. The van der Waals surface area contributed by atoms with E-state index in [0.717, 1.165) is 25.7 Å². The SMILES string of the molecule is NS(=O)(=O)c1cc(C(=O)NC2CCCCC2)c(SCCO)cc1Cl. The maximum Gasteiger partial charge on any atom is 0.252 e. The molecule has 1 fully saturated rings. The van der Waals surface area contributed by atoms with Crippen molar-refractivity contribution < 1.29 is 18.3 Å². The predicted octanol–water partition coefficient (Wildman–Crippen LogP) is 2.13. The fourth-order valence-corrected chi connectivity index (χ4v) is 4.70. The molecule has 0 radical (unpaired) electrons. The van der Waals surface area contributed by atoms with Crippen molar-refractivity contribution in [2.24, 2.45) is 5.14 Å². The van der Waals surface area contributed by atoms with Crippen LogP contribution >= 0.6 is 23.4 Å². The molecule has 134 valence electrons. The quantitative estimate of drug-likeness (QED) is 0.642. The van der Waals surface area contributed by atoms with Crippen LogP contribution in [0.15, 0.2) is 21.9 Å². The van der Waals surface area contributed by atoms with Crippen LogP contribution in [0.25, 0.3) is 0 Å². The number of amides is 1. The number of nitrogens with one attached hydrogen (secondary N) is 1. The van der Waals surface area contributed by atoms with Crippen LogP contribution in [0.2, 0.25) is 5.02 Å². The Balaban J connectivity index is 2.34. The fraction of sp³-hybridized carbons (Fsp3) is 0.533. The van der Waals surface area contributed by atoms with Crippen molar-refractivity contribution in [3.63, 3.8) is 0 Å². The van der Waals surface area contributed by atoms with Crippen LogP contribution in [0.5, 0.6) is 0 Å². The minimum atomic E-state index is -4.03. The number of aliphatic hydroxyl groups is 1. The van der Waals surface area contributed by atoms with Gasteiger partial charge in [0.25, 0.3) is 5.91 Å². The highest BCUT2D eigenvalue weighted by Crippen LogP contribution is 2.31. The Morgan fingerprint density at radius 3 is 2.58 bits per heavy atom. The third kappa shape index (κ3) is 5.10. The lowest BCUT2D eigenvalue weighted by molar-refractivity contribution is 0.0924. The van der Waals surface area contributed by atoms with Crippen molar-refractivity contribution in [2.75, 3.05) is 12.4 Å². The number of hydrogen-bond donors (Lipinski definition) is 3. The van der Waals surface area contributed by atoms with Gasteiger partial charge in [-0.15, -0.1) is 11.8 Å². The summed E-state index contributed by atoms with van der Waals surface area (Å²) in [5.41, 5.74) is 0.215. The van der Waals surface area contributed by atoms with Crippen molar-refractivity contribution in [1.82, 2.24) is 5.32 Å². The van der Waals surface area contributed by atoms with E-state index in [0.29, 0.717) is 10.6 Å². The highest BCUT2D eigenvalue weighted by Gasteiger charge is 2.23. The van der Waals surface area contributed by atoms with Gasteiger partial charge in [-0.1, -0.05) is 30.9 Å². The molecule has 1 aliphatic carbocycles. The summed E-state index contributed by atoms with van der Waals surface area (Å²) in [7, 11) is -4.03. The Hall–Kier alpha value is -0.800. The summed E-state index contributed by atoms with van der Waals surface area (Å²) in [5.74, 6) is 0.0262. The summed E-state index contributed by atoms with van der Waals surface area (Å²) >= 11 is 7.23. The van der Waals surface area contributed by atoms with E-state index in [2.05, 4.69) is 5.32 Å². The molecule has 0 unspecified atom stereocenters. The van der Waals surface area contributed by atoms with Gasteiger partial charge >= 0.3 is 0 Å². The molecule has 6 nitrogen and oxygen atoms in total. The van der Waals surface area contributed by atoms with Crippen LogP contribution in [-0.4, -0.2) is 37.8 Å². The lowest BCUT2D eigenvalue weighted by Gasteiger charge is -2.23. The maximum atomic E-state index is 12.6. The van der Waals surface area contributed by atoms with Crippen molar-refractivity contribution in [1.29, 1.82) is 0 Å². The van der Waals surface area contributed by atoms with Crippen molar-refractivity contribution in [3.05, 3.63) is 22.7 Å². The zero-order valence-corrected chi connectivity index (χ0v) is 15.5. The van der Waals surface area contributed by atoms with Gasteiger partial charge in [-0.05, 0) is 25.0 Å². The van der Waals surface area contributed by atoms with Gasteiger partial charge < -0.3 is 10.4 Å². The van der Waals surface area contributed by atoms with Gasteiger partial charge in [0.1, 0.15) is 4.90 Å². The largest absolute Gasteiger partial charge is 0.396 e. The van der Waals surface area contributed by atoms with Crippen LogP contribution in [0, 0.1) is 0 Å². The van der Waals surface area contributed by atoms with E-state index in [1.807, 2.05) is 0 Å². The molecule has 24 heavy (non-hydrogen) atoms. The summed E-state index contributed by atoms with van der Waals surface area (Å²) in [6, 6.07) is 2.72. The Morgan fingerprint density at radius 1 is 1.33 bits per heavy atom. The third-order valence-electron chi connectivity index (χ3n) is 3.87. The number of rotatable bonds is 6. The van der Waals surface area contributed by atoms with Gasteiger partial charge in [0.05, 0.1) is 17.2 Å². The number of nitrogens with two attached hydrogens (primary N) is 1. The highest BCUT2D eigenvalue weighted by molar-refractivity contribution is 7.99. The number of carbonyl (C=O) groups excluding carboxylic acids is 1. The van der Waals surface area contributed by atoms with Gasteiger partial charge in [-0.25, -0.2) is 13.6 Å². The molecule has 1 saturated carbocycles. The molecule has 0 aromatic heterocycles. The number of hydrogen-bond acceptors (Lipinski definition) is 5. The number of primary sulfonamides is 1. The molecule has 0 spiro atoms. The van der Waals surface area contributed by atoms with Gasteiger partial charge in [0.15, 0.2) is 0 Å². The van der Waals surface area contributed by atoms with Crippen LogP contribution in [0.4, 0.5) is 0 Å². The topological polar surface area (TPSA) is 109 Å². The van der Waals surface area contributed by atoms with Crippen molar-refractivity contribution in [3.8, 4) is 0 Å². The lowest BCUT2D eigenvalue weighted by Crippen LogP contribution is -2.36. The van der Waals surface area contributed by atoms with E-state index in [-0.39, 0.29) is 34.0 Å². The molecule has 2 rings (SSSR count). The van der Waals surface area contributed by atoms with Crippen LogP contribution in [-0.2, 0) is 10.0 Å². The van der Waals surface area contributed by atoms with E-state index < -0.39 is 10.0 Å². The minimum Gasteiger partial charge on any atom is -0.396 e. The van der Waals surface area contributed by atoms with Crippen molar-refractivity contribution >= 4 is 39.3 Å².